The van der Waals surface area contributed by atoms with Gasteiger partial charge < -0.3 is 0 Å². The van der Waals surface area contributed by atoms with Crippen molar-refractivity contribution in [3.05, 3.63) is 37.0 Å². The van der Waals surface area contributed by atoms with Crippen LogP contribution in [0.3, 0.4) is 0 Å². The van der Waals surface area contributed by atoms with Gasteiger partial charge in [0, 0.05) is 13.1 Å². The molecule has 1 heteroatoms. The molecule has 1 fully saturated rings. The fourth-order valence-corrected chi connectivity index (χ4v) is 2.03. The van der Waals surface area contributed by atoms with Crippen LogP contribution < -0.4 is 0 Å². The Labute approximate surface area is 102 Å². The Hall–Kier alpha value is -0.820. The smallest absolute Gasteiger partial charge is 0.0233 e. The molecule has 16 heavy (non-hydrogen) atoms. The van der Waals surface area contributed by atoms with E-state index in [0.29, 0.717) is 0 Å². The molecule has 1 saturated heterocycles. The minimum Gasteiger partial charge on any atom is -0.299 e. The van der Waals surface area contributed by atoms with E-state index in [4.69, 9.17) is 0 Å². The van der Waals surface area contributed by atoms with Crippen LogP contribution in [0.2, 0.25) is 0 Å². The van der Waals surface area contributed by atoms with Gasteiger partial charge in [-0.05, 0) is 30.9 Å². The Kier molecular flexibility index (Phi) is 8.93. The first-order chi connectivity index (χ1) is 7.76. The average molecular weight is 221 g/mol. The lowest BCUT2D eigenvalue weighted by atomic mass is 10.00. The maximum atomic E-state index is 3.82. The van der Waals surface area contributed by atoms with Crippen LogP contribution in [0, 0.1) is 5.92 Å². The van der Waals surface area contributed by atoms with Crippen LogP contribution in [0.15, 0.2) is 37.0 Å². The molecular weight excluding hydrogens is 194 g/mol. The third-order valence-electron chi connectivity index (χ3n) is 2.74. The average Bonchev–Trinajstić information content (AvgIpc) is 2.31. The van der Waals surface area contributed by atoms with Gasteiger partial charge in [-0.25, -0.2) is 0 Å². The highest BCUT2D eigenvalue weighted by atomic mass is 15.1. The molecule has 1 rings (SSSR count). The maximum Gasteiger partial charge on any atom is 0.0233 e. The first-order valence-electron chi connectivity index (χ1n) is 6.42. The van der Waals surface area contributed by atoms with E-state index in [-0.39, 0.29) is 0 Å². The zero-order valence-corrected chi connectivity index (χ0v) is 11.2. The van der Waals surface area contributed by atoms with Crippen molar-refractivity contribution >= 4 is 0 Å². The zero-order valence-electron chi connectivity index (χ0n) is 11.2. The maximum absolute atomic E-state index is 3.82. The molecule has 0 aromatic rings. The van der Waals surface area contributed by atoms with Crippen LogP contribution in [0.25, 0.3) is 0 Å². The lowest BCUT2D eigenvalue weighted by molar-refractivity contribution is 0.199. The molecule has 0 radical (unpaired) electrons. The van der Waals surface area contributed by atoms with E-state index in [1.165, 1.54) is 31.5 Å². The molecule has 0 amide bonds. The highest BCUT2D eigenvalue weighted by molar-refractivity contribution is 5.22. The SMILES string of the molecule is C=C/C=C(\C=C)CN1CCCC(C)C1.CC. The third-order valence-corrected chi connectivity index (χ3v) is 2.74. The van der Waals surface area contributed by atoms with Gasteiger partial charge >= 0.3 is 0 Å². The standard InChI is InChI=1S/C13H21N.C2H6/c1-4-7-13(5-2)11-14-9-6-8-12(3)10-14;1-2/h4-5,7,12H,1-2,6,8-11H2,3H3;1-2H3/b13-7+;. The summed E-state index contributed by atoms with van der Waals surface area (Å²) in [5.74, 6) is 0.846. The number of rotatable bonds is 4. The third kappa shape index (κ3) is 5.92. The van der Waals surface area contributed by atoms with Crippen molar-refractivity contribution in [3.8, 4) is 0 Å². The fourth-order valence-electron chi connectivity index (χ4n) is 2.03. The number of hydrogen-bond donors (Lipinski definition) is 0. The van der Waals surface area contributed by atoms with Crippen molar-refractivity contribution in [1.82, 2.24) is 4.90 Å². The van der Waals surface area contributed by atoms with Gasteiger partial charge in [0.15, 0.2) is 0 Å². The molecule has 1 unspecified atom stereocenters. The van der Waals surface area contributed by atoms with Gasteiger partial charge in [-0.1, -0.05) is 52.2 Å². The van der Waals surface area contributed by atoms with Gasteiger partial charge in [0.05, 0.1) is 0 Å². The van der Waals surface area contributed by atoms with Crippen LogP contribution in [-0.2, 0) is 0 Å². The van der Waals surface area contributed by atoms with Crippen molar-refractivity contribution in [2.45, 2.75) is 33.6 Å². The Morgan fingerprint density at radius 2 is 2.06 bits per heavy atom. The highest BCUT2D eigenvalue weighted by Gasteiger charge is 2.15. The Morgan fingerprint density at radius 3 is 2.56 bits per heavy atom. The van der Waals surface area contributed by atoms with E-state index in [9.17, 15) is 0 Å². The summed E-state index contributed by atoms with van der Waals surface area (Å²) in [6, 6.07) is 0. The van der Waals surface area contributed by atoms with Crippen molar-refractivity contribution in [2.75, 3.05) is 19.6 Å². The van der Waals surface area contributed by atoms with Crippen LogP contribution in [0.4, 0.5) is 0 Å². The predicted molar refractivity (Wildman–Crippen MR) is 74.7 cm³/mol. The van der Waals surface area contributed by atoms with Gasteiger partial charge in [-0.15, -0.1) is 0 Å². The molecule has 92 valence electrons. The number of piperidine rings is 1. The number of nitrogens with zero attached hydrogens (tertiary/aromatic N) is 1. The lowest BCUT2D eigenvalue weighted by Crippen LogP contribution is -2.35. The molecule has 1 aliphatic heterocycles. The number of allylic oxidation sites excluding steroid dienone is 2. The van der Waals surface area contributed by atoms with Crippen LogP contribution >= 0.6 is 0 Å². The van der Waals surface area contributed by atoms with E-state index in [2.05, 4.69) is 25.0 Å². The molecule has 0 saturated carbocycles. The van der Waals surface area contributed by atoms with Crippen LogP contribution in [-0.4, -0.2) is 24.5 Å². The summed E-state index contributed by atoms with van der Waals surface area (Å²) in [7, 11) is 0. The molecule has 0 N–H and O–H groups in total. The van der Waals surface area contributed by atoms with Crippen molar-refractivity contribution in [1.29, 1.82) is 0 Å². The summed E-state index contributed by atoms with van der Waals surface area (Å²) in [4.78, 5) is 2.51. The Morgan fingerprint density at radius 1 is 1.38 bits per heavy atom. The number of hydrogen-bond acceptors (Lipinski definition) is 1. The van der Waals surface area contributed by atoms with E-state index >= 15 is 0 Å². The summed E-state index contributed by atoms with van der Waals surface area (Å²) in [5, 5.41) is 0. The van der Waals surface area contributed by atoms with E-state index in [1.807, 2.05) is 32.1 Å². The summed E-state index contributed by atoms with van der Waals surface area (Å²) < 4.78 is 0. The van der Waals surface area contributed by atoms with Gasteiger partial charge in [-0.2, -0.15) is 0 Å². The van der Waals surface area contributed by atoms with Gasteiger partial charge in [0.25, 0.3) is 0 Å². The van der Waals surface area contributed by atoms with E-state index in [0.717, 1.165) is 12.5 Å². The van der Waals surface area contributed by atoms with Crippen molar-refractivity contribution < 1.29 is 0 Å². The quantitative estimate of drug-likeness (QED) is 0.648. The van der Waals surface area contributed by atoms with E-state index in [1.54, 1.807) is 0 Å². The zero-order chi connectivity index (χ0) is 12.4. The van der Waals surface area contributed by atoms with Crippen molar-refractivity contribution in [3.63, 3.8) is 0 Å². The Balaban J connectivity index is 0.00000106. The van der Waals surface area contributed by atoms with Gasteiger partial charge in [0.2, 0.25) is 0 Å². The monoisotopic (exact) mass is 221 g/mol. The molecule has 1 nitrogen and oxygen atoms in total. The van der Waals surface area contributed by atoms with Crippen LogP contribution in [0.1, 0.15) is 33.6 Å². The predicted octanol–water partition coefficient (Wildman–Crippen LogP) is 4.04. The molecule has 0 bridgehead atoms. The lowest BCUT2D eigenvalue weighted by Gasteiger charge is -2.31. The summed E-state index contributed by atoms with van der Waals surface area (Å²) in [6.07, 6.45) is 8.53. The molecule has 1 aliphatic rings. The van der Waals surface area contributed by atoms with Gasteiger partial charge in [0.1, 0.15) is 0 Å². The molecule has 1 heterocycles. The molecule has 0 spiro atoms. The van der Waals surface area contributed by atoms with Gasteiger partial charge in [-0.3, -0.25) is 4.90 Å². The largest absolute Gasteiger partial charge is 0.299 e. The van der Waals surface area contributed by atoms with E-state index < -0.39 is 0 Å². The molecular formula is C15H27N. The minimum absolute atomic E-state index is 0.846. The first-order valence-corrected chi connectivity index (χ1v) is 6.42. The Bertz CT molecular complexity index is 228. The van der Waals surface area contributed by atoms with Crippen LogP contribution in [0.5, 0.6) is 0 Å². The second-order valence-corrected chi connectivity index (χ2v) is 4.16. The normalized spacial score (nSPS) is 21.9. The summed E-state index contributed by atoms with van der Waals surface area (Å²) >= 11 is 0. The first kappa shape index (κ1) is 15.2. The second kappa shape index (κ2) is 9.41. The fraction of sp³-hybridized carbons (Fsp3) is 0.600. The molecule has 0 aromatic heterocycles. The minimum atomic E-state index is 0.846. The summed E-state index contributed by atoms with van der Waals surface area (Å²) in [5.41, 5.74) is 1.27. The molecule has 0 aliphatic carbocycles. The molecule has 0 aromatic carbocycles. The second-order valence-electron chi connectivity index (χ2n) is 4.16. The van der Waals surface area contributed by atoms with Crippen molar-refractivity contribution in [2.24, 2.45) is 5.92 Å². The topological polar surface area (TPSA) is 3.24 Å². The summed E-state index contributed by atoms with van der Waals surface area (Å²) in [6.45, 7) is 17.3. The number of likely N-dealkylation sites (tertiary alicyclic amines) is 1. The molecule has 1 atom stereocenters. The highest BCUT2D eigenvalue weighted by Crippen LogP contribution is 2.16.